The predicted octanol–water partition coefficient (Wildman–Crippen LogP) is 9.22. The summed E-state index contributed by atoms with van der Waals surface area (Å²) in [5.74, 6) is 0. The second kappa shape index (κ2) is 15.7. The lowest BCUT2D eigenvalue weighted by atomic mass is 10.0. The molecule has 0 amide bonds. The number of hydrogen-bond acceptors (Lipinski definition) is 6. The van der Waals surface area contributed by atoms with Gasteiger partial charge in [-0.25, -0.2) is 0 Å². The zero-order valence-corrected chi connectivity index (χ0v) is 27.9. The smallest absolute Gasteiger partial charge is 0.0964 e. The van der Waals surface area contributed by atoms with Crippen LogP contribution in [-0.2, 0) is 12.8 Å². The number of fused-ring (bicyclic) bond motifs is 1. The van der Waals surface area contributed by atoms with Crippen LogP contribution in [0.15, 0.2) is 134 Å². The molecule has 6 nitrogen and oxygen atoms in total. The molecule has 0 fully saturated rings. The first-order valence-electron chi connectivity index (χ1n) is 17.6. The van der Waals surface area contributed by atoms with Crippen molar-refractivity contribution in [2.24, 2.45) is 0 Å². The summed E-state index contributed by atoms with van der Waals surface area (Å²) in [5.41, 5.74) is 7.17. The van der Waals surface area contributed by atoms with E-state index in [9.17, 15) is 0 Å². The molecule has 0 bridgehead atoms. The molecule has 0 saturated carbocycles. The Morgan fingerprint density at radius 2 is 1.12 bits per heavy atom. The normalized spacial score (nSPS) is 14.2. The molecule has 4 heterocycles. The Morgan fingerprint density at radius 1 is 0.500 bits per heavy atom. The zero-order valence-electron chi connectivity index (χ0n) is 27.9. The van der Waals surface area contributed by atoms with E-state index in [4.69, 9.17) is 4.98 Å². The molecular formula is C42H46N6. The van der Waals surface area contributed by atoms with Crippen LogP contribution in [0.25, 0.3) is 22.2 Å². The van der Waals surface area contributed by atoms with Crippen molar-refractivity contribution in [2.45, 2.75) is 51.4 Å². The van der Waals surface area contributed by atoms with Crippen molar-refractivity contribution < 1.29 is 0 Å². The number of para-hydroxylation sites is 1. The molecular weight excluding hydrogens is 589 g/mol. The summed E-state index contributed by atoms with van der Waals surface area (Å²) >= 11 is 0. The van der Waals surface area contributed by atoms with Crippen molar-refractivity contribution in [3.05, 3.63) is 145 Å². The Labute approximate surface area is 285 Å². The van der Waals surface area contributed by atoms with E-state index in [-0.39, 0.29) is 0 Å². The molecule has 48 heavy (non-hydrogen) atoms. The fourth-order valence-electron chi connectivity index (χ4n) is 6.71. The average Bonchev–Trinajstić information content (AvgIpc) is 3.83. The Kier molecular flexibility index (Phi) is 10.3. The molecule has 2 aliphatic heterocycles. The number of rotatable bonds is 15. The molecule has 0 radical (unpaired) electrons. The first-order chi connectivity index (χ1) is 23.8. The van der Waals surface area contributed by atoms with Crippen LogP contribution in [0.4, 0.5) is 11.4 Å². The number of aryl methyl sites for hydroxylation is 2. The molecule has 2 aromatic heterocycles. The highest BCUT2D eigenvalue weighted by Crippen LogP contribution is 2.26. The predicted molar refractivity (Wildman–Crippen MR) is 199 cm³/mol. The fourth-order valence-corrected chi connectivity index (χ4v) is 6.71. The topological polar surface area (TPSA) is 38.7 Å². The van der Waals surface area contributed by atoms with Gasteiger partial charge in [-0.1, -0.05) is 73.5 Å². The monoisotopic (exact) mass is 634 g/mol. The maximum Gasteiger partial charge on any atom is 0.0964 e. The Balaban J connectivity index is 0.757. The van der Waals surface area contributed by atoms with Gasteiger partial charge in [0.2, 0.25) is 0 Å². The third-order valence-corrected chi connectivity index (χ3v) is 9.50. The molecule has 2 aliphatic rings. The molecule has 244 valence electrons. The van der Waals surface area contributed by atoms with Crippen molar-refractivity contribution in [3.63, 3.8) is 0 Å². The largest absolute Gasteiger partial charge is 0.358 e. The third kappa shape index (κ3) is 8.06. The summed E-state index contributed by atoms with van der Waals surface area (Å²) in [4.78, 5) is 18.9. The van der Waals surface area contributed by atoms with E-state index >= 15 is 0 Å². The van der Waals surface area contributed by atoms with Crippen LogP contribution in [0, 0.1) is 0 Å². The molecule has 0 aliphatic carbocycles. The van der Waals surface area contributed by atoms with Crippen LogP contribution in [0.3, 0.4) is 0 Å². The van der Waals surface area contributed by atoms with E-state index in [2.05, 4.69) is 146 Å². The van der Waals surface area contributed by atoms with Gasteiger partial charge in [-0.2, -0.15) is 0 Å². The van der Waals surface area contributed by atoms with Gasteiger partial charge in [0.15, 0.2) is 0 Å². The number of hydrogen-bond donors (Lipinski definition) is 0. The van der Waals surface area contributed by atoms with Gasteiger partial charge in [-0.15, -0.1) is 0 Å². The molecule has 3 aromatic carbocycles. The quantitative estimate of drug-likeness (QED) is 0.107. The second-order valence-corrected chi connectivity index (χ2v) is 13.0. The summed E-state index contributed by atoms with van der Waals surface area (Å²) in [6.07, 6.45) is 22.3. The molecule has 0 N–H and O–H groups in total. The Bertz CT molecular complexity index is 1790. The average molecular weight is 635 g/mol. The van der Waals surface area contributed by atoms with Crippen LogP contribution in [0.5, 0.6) is 0 Å². The van der Waals surface area contributed by atoms with Crippen LogP contribution < -0.4 is 9.80 Å². The summed E-state index contributed by atoms with van der Waals surface area (Å²) in [7, 11) is 0. The molecule has 7 rings (SSSR count). The highest BCUT2D eigenvalue weighted by molar-refractivity contribution is 5.93. The summed E-state index contributed by atoms with van der Waals surface area (Å²) in [5, 5.41) is 2.35. The van der Waals surface area contributed by atoms with Gasteiger partial charge in [-0.3, -0.25) is 9.97 Å². The molecule has 0 atom stereocenters. The molecule has 5 aromatic rings. The van der Waals surface area contributed by atoms with Gasteiger partial charge in [0, 0.05) is 67.0 Å². The highest BCUT2D eigenvalue weighted by Gasteiger charge is 2.16. The summed E-state index contributed by atoms with van der Waals surface area (Å²) in [6, 6.07) is 34.6. The van der Waals surface area contributed by atoms with Crippen molar-refractivity contribution in [2.75, 3.05) is 36.2 Å². The van der Waals surface area contributed by atoms with Crippen molar-refractivity contribution in [1.29, 1.82) is 0 Å². The molecule has 0 spiro atoms. The lowest BCUT2D eigenvalue weighted by molar-refractivity contribution is 0.354. The van der Waals surface area contributed by atoms with Gasteiger partial charge < -0.3 is 19.6 Å². The van der Waals surface area contributed by atoms with Crippen LogP contribution in [-0.4, -0.2) is 46.2 Å². The minimum atomic E-state index is 0.934. The number of aromatic nitrogens is 2. The van der Waals surface area contributed by atoms with E-state index in [1.54, 1.807) is 0 Å². The molecule has 6 heteroatoms. The first-order valence-corrected chi connectivity index (χ1v) is 17.6. The van der Waals surface area contributed by atoms with Crippen LogP contribution in [0.2, 0.25) is 0 Å². The Hall–Kier alpha value is -5.10. The summed E-state index contributed by atoms with van der Waals surface area (Å²) in [6.45, 7) is 4.06. The van der Waals surface area contributed by atoms with Gasteiger partial charge in [0.25, 0.3) is 0 Å². The minimum absolute atomic E-state index is 0.934. The second-order valence-electron chi connectivity index (χ2n) is 13.0. The van der Waals surface area contributed by atoms with E-state index in [1.165, 1.54) is 66.4 Å². The minimum Gasteiger partial charge on any atom is -0.358 e. The highest BCUT2D eigenvalue weighted by atomic mass is 15.3. The van der Waals surface area contributed by atoms with Crippen molar-refractivity contribution >= 4 is 22.1 Å². The molecule has 0 saturated heterocycles. The zero-order chi connectivity index (χ0) is 32.4. The van der Waals surface area contributed by atoms with Gasteiger partial charge in [0.05, 0.1) is 24.7 Å². The third-order valence-electron chi connectivity index (χ3n) is 9.50. The van der Waals surface area contributed by atoms with Gasteiger partial charge in [0.1, 0.15) is 0 Å². The van der Waals surface area contributed by atoms with Crippen LogP contribution >= 0.6 is 0 Å². The fraction of sp³-hybridized carbons (Fsp3) is 0.286. The lowest BCUT2D eigenvalue weighted by Crippen LogP contribution is -2.27. The molecule has 0 unspecified atom stereocenters. The van der Waals surface area contributed by atoms with Crippen LogP contribution in [0.1, 0.15) is 49.7 Å². The van der Waals surface area contributed by atoms with E-state index < -0.39 is 0 Å². The number of benzene rings is 3. The standard InChI is InChI=1S/C42H46N6/c1(2-5-13-36-20-23-41(44-32-36)42-40-17-9-8-14-37(40)24-25-43-42)4-12-35-18-21-39(22-19-35)48-31-29-46(34-48)27-11-10-26-45-28-30-47(33-45)38-15-6-3-7-16-38/h3,6-9,14-25,28-32H,1-2,4-5,10-13,26-27,33-34H2. The van der Waals surface area contributed by atoms with E-state index in [0.29, 0.717) is 0 Å². The van der Waals surface area contributed by atoms with Gasteiger partial charge in [-0.05, 0) is 91.4 Å². The van der Waals surface area contributed by atoms with Crippen molar-refractivity contribution in [3.8, 4) is 11.4 Å². The maximum absolute atomic E-state index is 4.76. The first kappa shape index (κ1) is 31.5. The van der Waals surface area contributed by atoms with E-state index in [1.807, 2.05) is 12.4 Å². The number of pyridine rings is 2. The lowest BCUT2D eigenvalue weighted by Gasteiger charge is -2.23. The van der Waals surface area contributed by atoms with Gasteiger partial charge >= 0.3 is 0 Å². The number of nitrogens with zero attached hydrogens (tertiary/aromatic N) is 6. The number of anilines is 2. The number of unbranched alkanes of at least 4 members (excludes halogenated alkanes) is 4. The van der Waals surface area contributed by atoms with E-state index in [0.717, 1.165) is 56.0 Å². The SMILES string of the molecule is C1=CN(c2ccccc2)CN1CCCCN1C=CN(c2ccc(CCCCCCc3ccc(-c4nccc5ccccc45)nc3)cc2)C1. The summed E-state index contributed by atoms with van der Waals surface area (Å²) < 4.78 is 0. The van der Waals surface area contributed by atoms with Crippen molar-refractivity contribution in [1.82, 2.24) is 19.8 Å². The Morgan fingerprint density at radius 3 is 1.81 bits per heavy atom. The maximum atomic E-state index is 4.76.